The molecule has 2 aromatic carbocycles. The molecule has 1 amide bonds. The maximum absolute atomic E-state index is 11.6. The molecule has 0 aliphatic rings. The normalized spacial score (nSPS) is 11.7. The van der Waals surface area contributed by atoms with Crippen molar-refractivity contribution in [2.24, 2.45) is 10.9 Å². The molecule has 0 spiro atoms. The zero-order chi connectivity index (χ0) is 16.8. The third kappa shape index (κ3) is 2.69. The summed E-state index contributed by atoms with van der Waals surface area (Å²) in [6.07, 6.45) is 0. The van der Waals surface area contributed by atoms with Crippen LogP contribution in [0.4, 0.5) is 0 Å². The zero-order valence-electron chi connectivity index (χ0n) is 12.2. The van der Waals surface area contributed by atoms with Crippen molar-refractivity contribution in [3.63, 3.8) is 0 Å². The molecule has 0 bridgehead atoms. The smallest absolute Gasteiger partial charge is 0.269 e. The number of carbonyl (C=O) groups is 1. The van der Waals surface area contributed by atoms with Crippen molar-refractivity contribution in [3.05, 3.63) is 53.7 Å². The highest BCUT2D eigenvalue weighted by Crippen LogP contribution is 2.24. The van der Waals surface area contributed by atoms with Crippen LogP contribution in [0.2, 0.25) is 0 Å². The van der Waals surface area contributed by atoms with Gasteiger partial charge < -0.3 is 5.73 Å². The molecule has 4 N–H and O–H groups in total. The van der Waals surface area contributed by atoms with Crippen LogP contribution in [0.25, 0.3) is 16.6 Å². The van der Waals surface area contributed by atoms with Gasteiger partial charge in [0, 0.05) is 5.39 Å². The van der Waals surface area contributed by atoms with E-state index >= 15 is 0 Å². The molecule has 3 rings (SSSR count). The van der Waals surface area contributed by atoms with Gasteiger partial charge in [0.25, 0.3) is 5.91 Å². The fourth-order valence-electron chi connectivity index (χ4n) is 2.38. The van der Waals surface area contributed by atoms with Gasteiger partial charge in [-0.2, -0.15) is 5.10 Å². The third-order valence-corrected chi connectivity index (χ3v) is 4.41. The van der Waals surface area contributed by atoms with Gasteiger partial charge in [-0.25, -0.2) is 18.2 Å². The van der Waals surface area contributed by atoms with Crippen molar-refractivity contribution >= 4 is 26.8 Å². The number of aryl methyl sites for hydroxylation is 1. The van der Waals surface area contributed by atoms with Crippen LogP contribution in [0.1, 0.15) is 16.1 Å². The van der Waals surface area contributed by atoms with Gasteiger partial charge in [0.1, 0.15) is 0 Å². The Kier molecular flexibility index (Phi) is 3.42. The number of fused-ring (bicyclic) bond motifs is 1. The molecule has 8 heteroatoms. The average Bonchev–Trinajstić information content (AvgIpc) is 2.85. The van der Waals surface area contributed by atoms with Gasteiger partial charge in [0.2, 0.25) is 10.0 Å². The first-order chi connectivity index (χ1) is 10.8. The molecule has 0 fully saturated rings. The van der Waals surface area contributed by atoms with Gasteiger partial charge in [-0.15, -0.1) is 0 Å². The van der Waals surface area contributed by atoms with E-state index in [4.69, 9.17) is 10.9 Å². The number of aromatic nitrogens is 2. The second-order valence-corrected chi connectivity index (χ2v) is 6.75. The average molecular weight is 330 g/mol. The molecule has 0 aliphatic carbocycles. The Morgan fingerprint density at radius 1 is 1.13 bits per heavy atom. The number of primary sulfonamides is 1. The Balaban J connectivity index is 2.23. The van der Waals surface area contributed by atoms with Crippen molar-refractivity contribution < 1.29 is 13.2 Å². The van der Waals surface area contributed by atoms with Crippen LogP contribution in [-0.2, 0) is 10.0 Å². The molecule has 0 atom stereocenters. The minimum absolute atomic E-state index is 0.00372. The fraction of sp³-hybridized carbons (Fsp3) is 0.0667. The van der Waals surface area contributed by atoms with Crippen molar-refractivity contribution in [3.8, 4) is 5.69 Å². The van der Waals surface area contributed by atoms with E-state index < -0.39 is 15.9 Å². The number of benzene rings is 2. The molecule has 0 saturated heterocycles. The summed E-state index contributed by atoms with van der Waals surface area (Å²) < 4.78 is 24.2. The number of amides is 1. The van der Waals surface area contributed by atoms with E-state index in [1.165, 1.54) is 12.1 Å². The molecular formula is C15H14N4O3S. The number of nitrogens with zero attached hydrogens (tertiary/aromatic N) is 2. The lowest BCUT2D eigenvalue weighted by Gasteiger charge is -2.05. The molecule has 1 aromatic heterocycles. The second kappa shape index (κ2) is 5.18. The molecule has 0 aliphatic heterocycles. The Hall–Kier alpha value is -2.71. The third-order valence-electron chi connectivity index (χ3n) is 3.48. The summed E-state index contributed by atoms with van der Waals surface area (Å²) >= 11 is 0. The summed E-state index contributed by atoms with van der Waals surface area (Å²) in [5.74, 6) is -0.626. The Bertz CT molecular complexity index is 1020. The van der Waals surface area contributed by atoms with Gasteiger partial charge in [-0.05, 0) is 42.8 Å². The summed E-state index contributed by atoms with van der Waals surface area (Å²) in [5.41, 5.74) is 7.85. The summed E-state index contributed by atoms with van der Waals surface area (Å²) in [5, 5.41) is 9.98. The molecule has 0 unspecified atom stereocenters. The van der Waals surface area contributed by atoms with E-state index in [1.807, 2.05) is 19.1 Å². The van der Waals surface area contributed by atoms with Gasteiger partial charge in [0.15, 0.2) is 5.69 Å². The van der Waals surface area contributed by atoms with Crippen LogP contribution < -0.4 is 10.9 Å². The molecule has 1 heterocycles. The minimum atomic E-state index is -3.76. The van der Waals surface area contributed by atoms with E-state index in [0.717, 1.165) is 5.56 Å². The second-order valence-electron chi connectivity index (χ2n) is 5.18. The molecule has 118 valence electrons. The van der Waals surface area contributed by atoms with Crippen molar-refractivity contribution in [1.29, 1.82) is 0 Å². The Morgan fingerprint density at radius 3 is 2.35 bits per heavy atom. The maximum atomic E-state index is 11.6. The fourth-order valence-corrected chi connectivity index (χ4v) is 2.90. The number of primary amides is 1. The lowest BCUT2D eigenvalue weighted by atomic mass is 10.1. The van der Waals surface area contributed by atoms with E-state index in [9.17, 15) is 13.2 Å². The lowest BCUT2D eigenvalue weighted by molar-refractivity contribution is 0.0996. The highest BCUT2D eigenvalue weighted by atomic mass is 32.2. The standard InChI is InChI=1S/C15H14N4O3S/c1-9-2-7-12-13(8-9)19(18-14(12)15(16)20)10-3-5-11(6-4-10)23(17,21)22/h2-8H,1H3,(H2,16,20)(H2,17,21,22). The summed E-state index contributed by atoms with van der Waals surface area (Å²) in [4.78, 5) is 11.6. The van der Waals surface area contributed by atoms with Crippen LogP contribution in [0, 0.1) is 6.92 Å². The lowest BCUT2D eigenvalue weighted by Crippen LogP contribution is -2.13. The number of nitrogens with two attached hydrogens (primary N) is 2. The van der Waals surface area contributed by atoms with Gasteiger partial charge >= 0.3 is 0 Å². The maximum Gasteiger partial charge on any atom is 0.269 e. The first kappa shape index (κ1) is 15.2. The topological polar surface area (TPSA) is 121 Å². The summed E-state index contributed by atoms with van der Waals surface area (Å²) in [7, 11) is -3.76. The highest BCUT2D eigenvalue weighted by molar-refractivity contribution is 7.89. The SMILES string of the molecule is Cc1ccc2c(C(N)=O)nn(-c3ccc(S(N)(=O)=O)cc3)c2c1. The van der Waals surface area contributed by atoms with E-state index in [2.05, 4.69) is 5.10 Å². The highest BCUT2D eigenvalue weighted by Gasteiger charge is 2.16. The van der Waals surface area contributed by atoms with Gasteiger partial charge in [-0.1, -0.05) is 12.1 Å². The predicted octanol–water partition coefficient (Wildman–Crippen LogP) is 1.08. The predicted molar refractivity (Wildman–Crippen MR) is 85.7 cm³/mol. The first-order valence-electron chi connectivity index (χ1n) is 6.70. The van der Waals surface area contributed by atoms with Crippen LogP contribution in [0.15, 0.2) is 47.4 Å². The number of carbonyl (C=O) groups excluding carboxylic acids is 1. The molecular weight excluding hydrogens is 316 g/mol. The van der Waals surface area contributed by atoms with E-state index in [1.54, 1.807) is 22.9 Å². The molecule has 23 heavy (non-hydrogen) atoms. The number of hydrogen-bond donors (Lipinski definition) is 2. The van der Waals surface area contributed by atoms with Crippen LogP contribution in [0.5, 0.6) is 0 Å². The summed E-state index contributed by atoms with van der Waals surface area (Å²) in [6.45, 7) is 1.92. The first-order valence-corrected chi connectivity index (χ1v) is 8.24. The van der Waals surface area contributed by atoms with Crippen molar-refractivity contribution in [2.45, 2.75) is 11.8 Å². The quantitative estimate of drug-likeness (QED) is 0.746. The summed E-state index contributed by atoms with van der Waals surface area (Å²) in [6, 6.07) is 11.4. The van der Waals surface area contributed by atoms with Gasteiger partial charge in [0.05, 0.1) is 16.1 Å². The van der Waals surface area contributed by atoms with Crippen molar-refractivity contribution in [2.75, 3.05) is 0 Å². The van der Waals surface area contributed by atoms with Gasteiger partial charge in [-0.3, -0.25) is 4.79 Å². The monoisotopic (exact) mass is 330 g/mol. The number of hydrogen-bond acceptors (Lipinski definition) is 4. The molecule has 7 nitrogen and oxygen atoms in total. The Morgan fingerprint density at radius 2 is 1.78 bits per heavy atom. The number of rotatable bonds is 3. The van der Waals surface area contributed by atoms with Crippen molar-refractivity contribution in [1.82, 2.24) is 9.78 Å². The minimum Gasteiger partial charge on any atom is -0.364 e. The Labute approximate surface area is 132 Å². The zero-order valence-corrected chi connectivity index (χ0v) is 13.0. The van der Waals surface area contributed by atoms with E-state index in [0.29, 0.717) is 16.6 Å². The molecule has 3 aromatic rings. The van der Waals surface area contributed by atoms with Crippen LogP contribution in [0.3, 0.4) is 0 Å². The largest absolute Gasteiger partial charge is 0.364 e. The molecule has 0 radical (unpaired) electrons. The number of sulfonamides is 1. The van der Waals surface area contributed by atoms with E-state index in [-0.39, 0.29) is 10.6 Å². The van der Waals surface area contributed by atoms with Crippen LogP contribution in [-0.4, -0.2) is 24.1 Å². The van der Waals surface area contributed by atoms with Crippen LogP contribution >= 0.6 is 0 Å². The molecule has 0 saturated carbocycles.